The Morgan fingerprint density at radius 2 is 2.05 bits per heavy atom. The third-order valence-corrected chi connectivity index (χ3v) is 2.98. The fraction of sp³-hybridized carbons (Fsp3) is 0.167. The van der Waals surface area contributed by atoms with Gasteiger partial charge in [-0.05, 0) is 17.1 Å². The predicted molar refractivity (Wildman–Crippen MR) is 68.9 cm³/mol. The van der Waals surface area contributed by atoms with Crippen LogP contribution in [0.5, 0.6) is 0 Å². The van der Waals surface area contributed by atoms with Crippen molar-refractivity contribution in [3.05, 3.63) is 47.0 Å². The maximum Gasteiger partial charge on any atom is 0.326 e. The zero-order chi connectivity index (χ0) is 13.7. The van der Waals surface area contributed by atoms with Crippen molar-refractivity contribution in [1.29, 1.82) is 0 Å². The molecule has 19 heavy (non-hydrogen) atoms. The number of aromatic nitrogens is 2. The van der Waals surface area contributed by atoms with E-state index in [-0.39, 0.29) is 12.1 Å². The van der Waals surface area contributed by atoms with Crippen molar-refractivity contribution in [3.63, 3.8) is 0 Å². The van der Waals surface area contributed by atoms with E-state index < -0.39 is 17.9 Å². The van der Waals surface area contributed by atoms with E-state index in [9.17, 15) is 9.59 Å². The third-order valence-electron chi connectivity index (χ3n) is 2.48. The molecule has 2 rings (SSSR count). The first-order chi connectivity index (χ1) is 9.16. The van der Waals surface area contributed by atoms with Gasteiger partial charge >= 0.3 is 5.97 Å². The van der Waals surface area contributed by atoms with Crippen LogP contribution in [0.1, 0.15) is 16.1 Å². The molecule has 0 aliphatic rings. The van der Waals surface area contributed by atoms with Crippen LogP contribution in [-0.2, 0) is 11.2 Å². The number of benzene rings is 1. The van der Waals surface area contributed by atoms with E-state index in [4.69, 9.17) is 5.11 Å². The minimum Gasteiger partial charge on any atom is -0.480 e. The highest BCUT2D eigenvalue weighted by Gasteiger charge is 2.22. The molecular weight excluding hydrogens is 266 g/mol. The molecule has 0 spiro atoms. The largest absolute Gasteiger partial charge is 0.480 e. The Kier molecular flexibility index (Phi) is 4.19. The van der Waals surface area contributed by atoms with Gasteiger partial charge in [0.05, 0.1) is 0 Å². The number of hydrogen-bond donors (Lipinski definition) is 2. The van der Waals surface area contributed by atoms with Gasteiger partial charge in [0.15, 0.2) is 5.69 Å². The second-order valence-electron chi connectivity index (χ2n) is 3.84. The summed E-state index contributed by atoms with van der Waals surface area (Å²) in [7, 11) is 0. The Labute approximate surface area is 113 Å². The van der Waals surface area contributed by atoms with Crippen LogP contribution < -0.4 is 5.32 Å². The molecule has 0 bridgehead atoms. The average Bonchev–Trinajstić information content (AvgIpc) is 2.93. The van der Waals surface area contributed by atoms with Crippen LogP contribution in [0.25, 0.3) is 0 Å². The van der Waals surface area contributed by atoms with E-state index >= 15 is 0 Å². The van der Waals surface area contributed by atoms with Gasteiger partial charge in [-0.3, -0.25) is 4.79 Å². The third kappa shape index (κ3) is 3.59. The van der Waals surface area contributed by atoms with Crippen molar-refractivity contribution in [3.8, 4) is 0 Å². The summed E-state index contributed by atoms with van der Waals surface area (Å²) in [5, 5.41) is 16.6. The first-order valence-corrected chi connectivity index (χ1v) is 6.35. The van der Waals surface area contributed by atoms with E-state index in [2.05, 4.69) is 14.9 Å². The van der Waals surface area contributed by atoms with Crippen molar-refractivity contribution in [2.75, 3.05) is 0 Å². The fourth-order valence-corrected chi connectivity index (χ4v) is 1.98. The van der Waals surface area contributed by atoms with E-state index in [0.717, 1.165) is 17.1 Å². The number of carboxylic acids is 1. The molecule has 0 aliphatic heterocycles. The monoisotopic (exact) mass is 277 g/mol. The first-order valence-electron chi connectivity index (χ1n) is 5.51. The van der Waals surface area contributed by atoms with Gasteiger partial charge in [0.25, 0.3) is 5.91 Å². The van der Waals surface area contributed by atoms with Crippen LogP contribution in [0, 0.1) is 0 Å². The average molecular weight is 277 g/mol. The highest BCUT2D eigenvalue weighted by atomic mass is 32.1. The fourth-order valence-electron chi connectivity index (χ4n) is 1.55. The van der Waals surface area contributed by atoms with E-state index in [1.165, 1.54) is 5.38 Å². The van der Waals surface area contributed by atoms with Crippen molar-refractivity contribution >= 4 is 23.4 Å². The molecule has 1 aromatic carbocycles. The summed E-state index contributed by atoms with van der Waals surface area (Å²) in [5.74, 6) is -1.61. The molecule has 7 heteroatoms. The number of rotatable bonds is 5. The molecule has 2 aromatic rings. The Morgan fingerprint density at radius 3 is 2.63 bits per heavy atom. The SMILES string of the molecule is O=C(N[C@H](Cc1ccccc1)C(=O)O)c1csnn1. The van der Waals surface area contributed by atoms with Crippen LogP contribution in [0.4, 0.5) is 0 Å². The molecule has 1 heterocycles. The Hall–Kier alpha value is -2.28. The molecule has 1 atom stereocenters. The van der Waals surface area contributed by atoms with Gasteiger partial charge < -0.3 is 10.4 Å². The molecule has 98 valence electrons. The standard InChI is InChI=1S/C12H11N3O3S/c16-11(10-7-19-15-14-10)13-9(12(17)18)6-8-4-2-1-3-5-8/h1-5,7,9H,6H2,(H,13,16)(H,17,18)/t9-/m1/s1. The van der Waals surface area contributed by atoms with Crippen LogP contribution in [0.2, 0.25) is 0 Å². The number of carbonyl (C=O) groups is 2. The van der Waals surface area contributed by atoms with Crippen molar-refractivity contribution < 1.29 is 14.7 Å². The summed E-state index contributed by atoms with van der Waals surface area (Å²) in [6.07, 6.45) is 0.222. The van der Waals surface area contributed by atoms with Crippen molar-refractivity contribution in [2.45, 2.75) is 12.5 Å². The molecule has 6 nitrogen and oxygen atoms in total. The van der Waals surface area contributed by atoms with Gasteiger partial charge in [-0.25, -0.2) is 4.79 Å². The van der Waals surface area contributed by atoms with Crippen LogP contribution in [-0.4, -0.2) is 32.6 Å². The molecule has 1 amide bonds. The van der Waals surface area contributed by atoms with Crippen LogP contribution >= 0.6 is 11.5 Å². The quantitative estimate of drug-likeness (QED) is 0.849. The van der Waals surface area contributed by atoms with Gasteiger partial charge in [0.1, 0.15) is 6.04 Å². The lowest BCUT2D eigenvalue weighted by Crippen LogP contribution is -2.42. The molecule has 0 aliphatic carbocycles. The van der Waals surface area contributed by atoms with Gasteiger partial charge in [0.2, 0.25) is 0 Å². The molecule has 0 fully saturated rings. The van der Waals surface area contributed by atoms with Crippen molar-refractivity contribution in [1.82, 2.24) is 14.9 Å². The second kappa shape index (κ2) is 6.05. The number of aliphatic carboxylic acids is 1. The number of hydrogen-bond acceptors (Lipinski definition) is 5. The lowest BCUT2D eigenvalue weighted by Gasteiger charge is -2.13. The summed E-state index contributed by atoms with van der Waals surface area (Å²) in [5.41, 5.74) is 0.968. The molecule has 0 unspecified atom stereocenters. The van der Waals surface area contributed by atoms with Gasteiger partial charge in [-0.15, -0.1) is 5.10 Å². The summed E-state index contributed by atoms with van der Waals surface area (Å²) in [4.78, 5) is 22.9. The summed E-state index contributed by atoms with van der Waals surface area (Å²) in [6, 6.07) is 8.12. The smallest absolute Gasteiger partial charge is 0.326 e. The number of carboxylic acid groups (broad SMARTS) is 1. The molecule has 2 N–H and O–H groups in total. The Balaban J connectivity index is 2.05. The maximum atomic E-state index is 11.7. The van der Waals surface area contributed by atoms with Gasteiger partial charge in [0, 0.05) is 11.8 Å². The number of nitrogens with one attached hydrogen (secondary N) is 1. The summed E-state index contributed by atoms with van der Waals surface area (Å²) < 4.78 is 3.56. The second-order valence-corrected chi connectivity index (χ2v) is 4.45. The highest BCUT2D eigenvalue weighted by Crippen LogP contribution is 2.05. The predicted octanol–water partition coefficient (Wildman–Crippen LogP) is 0.964. The number of carbonyl (C=O) groups excluding carboxylic acids is 1. The first kappa shape index (κ1) is 13.2. The highest BCUT2D eigenvalue weighted by molar-refractivity contribution is 7.03. The summed E-state index contributed by atoms with van der Waals surface area (Å²) in [6.45, 7) is 0. The summed E-state index contributed by atoms with van der Waals surface area (Å²) >= 11 is 1.04. The maximum absolute atomic E-state index is 11.7. The minimum absolute atomic E-state index is 0.129. The molecule has 1 aromatic heterocycles. The minimum atomic E-state index is -1.08. The normalized spacial score (nSPS) is 11.8. The Morgan fingerprint density at radius 1 is 1.32 bits per heavy atom. The van der Waals surface area contributed by atoms with Gasteiger partial charge in [-0.2, -0.15) is 0 Å². The van der Waals surface area contributed by atoms with Crippen LogP contribution in [0.3, 0.4) is 0 Å². The molecule has 0 saturated carbocycles. The molecule has 0 saturated heterocycles. The number of nitrogens with zero attached hydrogens (tertiary/aromatic N) is 2. The van der Waals surface area contributed by atoms with E-state index in [1.54, 1.807) is 0 Å². The van der Waals surface area contributed by atoms with Crippen LogP contribution in [0.15, 0.2) is 35.7 Å². The molecular formula is C12H11N3O3S. The lowest BCUT2D eigenvalue weighted by molar-refractivity contribution is -0.139. The lowest BCUT2D eigenvalue weighted by atomic mass is 10.1. The zero-order valence-corrected chi connectivity index (χ0v) is 10.6. The van der Waals surface area contributed by atoms with E-state index in [0.29, 0.717) is 0 Å². The van der Waals surface area contributed by atoms with E-state index in [1.807, 2.05) is 30.3 Å². The molecule has 0 radical (unpaired) electrons. The van der Waals surface area contributed by atoms with Gasteiger partial charge in [-0.1, -0.05) is 34.8 Å². The Bertz CT molecular complexity index is 557. The zero-order valence-electron chi connectivity index (χ0n) is 9.81. The topological polar surface area (TPSA) is 92.2 Å². The number of amides is 1. The van der Waals surface area contributed by atoms with Crippen molar-refractivity contribution in [2.24, 2.45) is 0 Å².